The zero-order valence-electron chi connectivity index (χ0n) is 11.2. The minimum Gasteiger partial charge on any atom is -0.396 e. The summed E-state index contributed by atoms with van der Waals surface area (Å²) in [4.78, 5) is 7.08. The molecule has 2 saturated carbocycles. The maximum absolute atomic E-state index is 9.60. The summed E-state index contributed by atoms with van der Waals surface area (Å²) in [6, 6.07) is 0.727. The van der Waals surface area contributed by atoms with Crippen molar-refractivity contribution in [3.05, 3.63) is 11.7 Å². The first-order chi connectivity index (χ1) is 9.35. The van der Waals surface area contributed by atoms with E-state index in [1.807, 2.05) is 0 Å². The maximum Gasteiger partial charge on any atom is 0.231 e. The largest absolute Gasteiger partial charge is 0.396 e. The third-order valence-corrected chi connectivity index (χ3v) is 5.01. The Hall–Kier alpha value is -0.940. The average Bonchev–Trinajstić information content (AvgIpc) is 2.94. The van der Waals surface area contributed by atoms with Gasteiger partial charge in [-0.05, 0) is 25.7 Å². The predicted octanol–water partition coefficient (Wildman–Crippen LogP) is 1.51. The lowest BCUT2D eigenvalue weighted by Crippen LogP contribution is -2.38. The number of nitrogens with zero attached hydrogens (tertiary/aromatic N) is 3. The van der Waals surface area contributed by atoms with Gasteiger partial charge in [0.2, 0.25) is 5.89 Å². The van der Waals surface area contributed by atoms with Crippen LogP contribution in [-0.4, -0.2) is 45.9 Å². The maximum atomic E-state index is 9.60. The van der Waals surface area contributed by atoms with Crippen LogP contribution in [0.25, 0.3) is 0 Å². The van der Waals surface area contributed by atoms with Gasteiger partial charge in [0.15, 0.2) is 5.82 Å². The second-order valence-corrected chi connectivity index (χ2v) is 6.35. The van der Waals surface area contributed by atoms with Crippen LogP contribution in [-0.2, 0) is 0 Å². The normalized spacial score (nSPS) is 32.7. The van der Waals surface area contributed by atoms with Crippen LogP contribution in [0.4, 0.5) is 0 Å². The van der Waals surface area contributed by atoms with Crippen molar-refractivity contribution in [3.8, 4) is 0 Å². The second-order valence-electron chi connectivity index (χ2n) is 6.35. The van der Waals surface area contributed by atoms with Crippen LogP contribution >= 0.6 is 0 Å². The highest BCUT2D eigenvalue weighted by Gasteiger charge is 2.41. The number of hydrogen-bond acceptors (Lipinski definition) is 5. The lowest BCUT2D eigenvalue weighted by atomic mass is 9.92. The van der Waals surface area contributed by atoms with Crippen LogP contribution in [0.3, 0.4) is 0 Å². The summed E-state index contributed by atoms with van der Waals surface area (Å²) in [5, 5.41) is 13.7. The van der Waals surface area contributed by atoms with Gasteiger partial charge >= 0.3 is 0 Å². The van der Waals surface area contributed by atoms with Gasteiger partial charge in [-0.15, -0.1) is 0 Å². The number of aliphatic hydroxyl groups is 1. The lowest BCUT2D eigenvalue weighted by Gasteiger charge is -2.34. The third kappa shape index (κ3) is 2.09. The topological polar surface area (TPSA) is 62.4 Å². The third-order valence-electron chi connectivity index (χ3n) is 5.01. The quantitative estimate of drug-likeness (QED) is 0.892. The molecule has 0 bridgehead atoms. The number of likely N-dealkylation sites (tertiary alicyclic amines) is 1. The Balaban J connectivity index is 1.50. The van der Waals surface area contributed by atoms with Gasteiger partial charge in [0, 0.05) is 37.6 Å². The monoisotopic (exact) mass is 263 g/mol. The molecule has 0 radical (unpaired) electrons. The van der Waals surface area contributed by atoms with Crippen LogP contribution < -0.4 is 0 Å². The fraction of sp³-hybridized carbons (Fsp3) is 0.857. The van der Waals surface area contributed by atoms with E-state index in [4.69, 9.17) is 4.52 Å². The highest BCUT2D eigenvalue weighted by molar-refractivity contribution is 5.09. The molecule has 5 nitrogen and oxygen atoms in total. The van der Waals surface area contributed by atoms with Crippen LogP contribution in [0.15, 0.2) is 4.52 Å². The van der Waals surface area contributed by atoms with E-state index >= 15 is 0 Å². The summed E-state index contributed by atoms with van der Waals surface area (Å²) in [5.41, 5.74) is 0. The summed E-state index contributed by atoms with van der Waals surface area (Å²) in [7, 11) is 0. The Morgan fingerprint density at radius 3 is 2.68 bits per heavy atom. The molecular formula is C14H21N3O2. The lowest BCUT2D eigenvalue weighted by molar-refractivity contribution is 0.143. The highest BCUT2D eigenvalue weighted by Crippen LogP contribution is 2.41. The highest BCUT2D eigenvalue weighted by atomic mass is 16.5. The SMILES string of the molecule is OC[C@@H]1CN(C2CCC2)C[C@H]1c1nc(C2CC2)no1. The molecule has 0 amide bonds. The van der Waals surface area contributed by atoms with Crippen LogP contribution in [0.1, 0.15) is 55.7 Å². The molecule has 5 heteroatoms. The zero-order valence-corrected chi connectivity index (χ0v) is 11.2. The van der Waals surface area contributed by atoms with Crippen molar-refractivity contribution in [2.24, 2.45) is 5.92 Å². The van der Waals surface area contributed by atoms with Gasteiger partial charge in [-0.1, -0.05) is 11.6 Å². The molecule has 104 valence electrons. The van der Waals surface area contributed by atoms with Gasteiger partial charge in [-0.2, -0.15) is 4.98 Å². The van der Waals surface area contributed by atoms with E-state index in [1.165, 1.54) is 32.1 Å². The van der Waals surface area contributed by atoms with E-state index in [0.29, 0.717) is 5.92 Å². The molecule has 0 unspecified atom stereocenters. The van der Waals surface area contributed by atoms with Crippen molar-refractivity contribution in [3.63, 3.8) is 0 Å². The molecule has 1 aliphatic heterocycles. The first-order valence-electron chi connectivity index (χ1n) is 7.53. The van der Waals surface area contributed by atoms with Gasteiger partial charge in [0.1, 0.15) is 0 Å². The molecule has 2 aliphatic carbocycles. The standard InChI is InChI=1S/C14H21N3O2/c18-8-10-6-17(11-2-1-3-11)7-12(10)14-15-13(16-19-14)9-4-5-9/h9-12,18H,1-8H2/t10-,12+/m0/s1. The molecule has 0 aromatic carbocycles. The molecule has 3 aliphatic rings. The van der Waals surface area contributed by atoms with Crippen molar-refractivity contribution in [1.29, 1.82) is 0 Å². The van der Waals surface area contributed by atoms with E-state index in [2.05, 4.69) is 15.0 Å². The van der Waals surface area contributed by atoms with E-state index in [0.717, 1.165) is 30.8 Å². The van der Waals surface area contributed by atoms with Gasteiger partial charge in [0.25, 0.3) is 0 Å². The minimum atomic E-state index is 0.217. The molecule has 1 aromatic heterocycles. The van der Waals surface area contributed by atoms with E-state index in [9.17, 15) is 5.11 Å². The number of rotatable bonds is 4. The molecule has 0 spiro atoms. The first kappa shape index (κ1) is 11.9. The summed E-state index contributed by atoms with van der Waals surface area (Å²) >= 11 is 0. The summed E-state index contributed by atoms with van der Waals surface area (Å²) in [6.07, 6.45) is 6.36. The summed E-state index contributed by atoms with van der Waals surface area (Å²) < 4.78 is 5.46. The minimum absolute atomic E-state index is 0.217. The molecule has 2 atom stereocenters. The molecule has 4 rings (SSSR count). The Labute approximate surface area is 113 Å². The van der Waals surface area contributed by atoms with Crippen molar-refractivity contribution < 1.29 is 9.63 Å². The van der Waals surface area contributed by atoms with E-state index in [1.54, 1.807) is 0 Å². The predicted molar refractivity (Wildman–Crippen MR) is 68.8 cm³/mol. The van der Waals surface area contributed by atoms with E-state index < -0.39 is 0 Å². The van der Waals surface area contributed by atoms with E-state index in [-0.39, 0.29) is 18.4 Å². The van der Waals surface area contributed by atoms with Crippen molar-refractivity contribution in [2.75, 3.05) is 19.7 Å². The Bertz CT molecular complexity index is 453. The zero-order chi connectivity index (χ0) is 12.8. The fourth-order valence-corrected chi connectivity index (χ4v) is 3.32. The number of hydrogen-bond donors (Lipinski definition) is 1. The van der Waals surface area contributed by atoms with Crippen molar-refractivity contribution >= 4 is 0 Å². The van der Waals surface area contributed by atoms with Crippen molar-refractivity contribution in [2.45, 2.75) is 50.0 Å². The number of aliphatic hydroxyl groups excluding tert-OH is 1. The molecule has 3 fully saturated rings. The Morgan fingerprint density at radius 1 is 1.21 bits per heavy atom. The van der Waals surface area contributed by atoms with Crippen molar-refractivity contribution in [1.82, 2.24) is 15.0 Å². The van der Waals surface area contributed by atoms with Crippen LogP contribution in [0.2, 0.25) is 0 Å². The van der Waals surface area contributed by atoms with Gasteiger partial charge in [-0.3, -0.25) is 4.90 Å². The molecule has 2 heterocycles. The summed E-state index contributed by atoms with van der Waals surface area (Å²) in [5.74, 6) is 2.66. The Kier molecular flexibility index (Phi) is 2.84. The fourth-order valence-electron chi connectivity index (χ4n) is 3.32. The molecule has 1 N–H and O–H groups in total. The van der Waals surface area contributed by atoms with Gasteiger partial charge < -0.3 is 9.63 Å². The molecule has 19 heavy (non-hydrogen) atoms. The molecule has 1 aromatic rings. The van der Waals surface area contributed by atoms with Gasteiger partial charge in [0.05, 0.1) is 5.92 Å². The molecule has 1 saturated heterocycles. The Morgan fingerprint density at radius 2 is 2.05 bits per heavy atom. The first-order valence-corrected chi connectivity index (χ1v) is 7.53. The second kappa shape index (κ2) is 4.56. The number of aromatic nitrogens is 2. The van der Waals surface area contributed by atoms with Crippen LogP contribution in [0, 0.1) is 5.92 Å². The molecular weight excluding hydrogens is 242 g/mol. The average molecular weight is 263 g/mol. The van der Waals surface area contributed by atoms with Gasteiger partial charge in [-0.25, -0.2) is 0 Å². The smallest absolute Gasteiger partial charge is 0.231 e. The summed E-state index contributed by atoms with van der Waals surface area (Å²) in [6.45, 7) is 2.17. The van der Waals surface area contributed by atoms with Crippen LogP contribution in [0.5, 0.6) is 0 Å².